The van der Waals surface area contributed by atoms with E-state index in [0.29, 0.717) is 29.5 Å². The van der Waals surface area contributed by atoms with Crippen LogP contribution in [0.15, 0.2) is 66.7 Å². The van der Waals surface area contributed by atoms with Gasteiger partial charge in [0.1, 0.15) is 12.1 Å². The van der Waals surface area contributed by atoms with Crippen LogP contribution in [0.25, 0.3) is 0 Å². The summed E-state index contributed by atoms with van der Waals surface area (Å²) in [7, 11) is 0. The highest BCUT2D eigenvalue weighted by Crippen LogP contribution is 2.46. The lowest BCUT2D eigenvalue weighted by atomic mass is 9.76. The second kappa shape index (κ2) is 15.2. The van der Waals surface area contributed by atoms with Crippen molar-refractivity contribution in [3.8, 4) is 6.07 Å². The van der Waals surface area contributed by atoms with Crippen LogP contribution in [-0.2, 0) is 9.59 Å². The van der Waals surface area contributed by atoms with Crippen molar-refractivity contribution in [2.24, 2.45) is 5.41 Å². The van der Waals surface area contributed by atoms with E-state index in [2.05, 4.69) is 67.5 Å². The first-order valence-corrected chi connectivity index (χ1v) is 19.8. The van der Waals surface area contributed by atoms with E-state index in [-0.39, 0.29) is 29.2 Å². The molecule has 8 rings (SSSR count). The Bertz CT molecular complexity index is 1930. The average Bonchev–Trinajstić information content (AvgIpc) is 3.50. The zero-order valence-electron chi connectivity index (χ0n) is 31.0. The summed E-state index contributed by atoms with van der Waals surface area (Å²) in [5, 5.41) is 15.5. The van der Waals surface area contributed by atoms with Crippen molar-refractivity contribution in [2.45, 2.75) is 63.6 Å². The Hall–Kier alpha value is -4.79. The van der Waals surface area contributed by atoms with Crippen LogP contribution in [0, 0.1) is 16.7 Å². The maximum atomic E-state index is 13.6. The van der Waals surface area contributed by atoms with E-state index in [0.717, 1.165) is 107 Å². The SMILES string of the molecule is C[C@@H]1CC2(CCN(c3ccc(C(=O)N4CCC4CN4CCN(c5cccc(N[C@@H]6CCC(=O)NC6=O)c5)CC4)cc3)CC2)CN1c1ccc(C#N)c(Cl)c1. The van der Waals surface area contributed by atoms with Crippen LogP contribution in [0.3, 0.4) is 0 Å². The van der Waals surface area contributed by atoms with Crippen LogP contribution in [0.1, 0.15) is 61.4 Å². The van der Waals surface area contributed by atoms with E-state index >= 15 is 0 Å². The van der Waals surface area contributed by atoms with Crippen molar-refractivity contribution in [2.75, 3.05) is 78.9 Å². The molecule has 0 aliphatic carbocycles. The molecule has 5 aliphatic heterocycles. The predicted octanol–water partition coefficient (Wildman–Crippen LogP) is 5.35. The average molecular weight is 749 g/mol. The van der Waals surface area contributed by atoms with E-state index in [4.69, 9.17) is 11.6 Å². The number of carbonyl (C=O) groups excluding carboxylic acids is 3. The van der Waals surface area contributed by atoms with Gasteiger partial charge < -0.3 is 24.9 Å². The largest absolute Gasteiger partial charge is 0.374 e. The molecule has 12 heteroatoms. The van der Waals surface area contributed by atoms with Crippen molar-refractivity contribution in [3.63, 3.8) is 0 Å². The topological polar surface area (TPSA) is 115 Å². The maximum absolute atomic E-state index is 13.6. The summed E-state index contributed by atoms with van der Waals surface area (Å²) < 4.78 is 0. The summed E-state index contributed by atoms with van der Waals surface area (Å²) in [6, 6.07) is 24.6. The Morgan fingerprint density at radius 3 is 2.33 bits per heavy atom. The molecule has 5 saturated heterocycles. The molecular formula is C42H49ClN8O3. The van der Waals surface area contributed by atoms with Gasteiger partial charge in [-0.2, -0.15) is 5.26 Å². The number of anilines is 4. The fourth-order valence-electron chi connectivity index (χ4n) is 9.23. The molecule has 3 amide bonds. The lowest BCUT2D eigenvalue weighted by Crippen LogP contribution is -2.58. The van der Waals surface area contributed by atoms with Gasteiger partial charge in [0.25, 0.3) is 5.91 Å². The molecule has 0 saturated carbocycles. The molecule has 2 N–H and O–H groups in total. The molecule has 0 radical (unpaired) electrons. The van der Waals surface area contributed by atoms with E-state index < -0.39 is 6.04 Å². The van der Waals surface area contributed by atoms with Crippen molar-refractivity contribution < 1.29 is 14.4 Å². The standard InChI is InChI=1S/C42H49ClN8O3/c1-29-25-42(28-51(29)35-10-7-31(26-44)37(43)24-35)14-17-48(18-15-42)33-8-5-30(6-9-33)41(54)50-16-13-36(50)27-47-19-21-49(22-20-47)34-4-2-3-32(23-34)45-38-11-12-39(52)46-40(38)53/h2-10,23-24,29,36,38,45H,11-22,25,27-28H2,1H3,(H,46,52,53)/t29-,36?,38-/m1/s1. The molecule has 1 unspecified atom stereocenters. The quantitative estimate of drug-likeness (QED) is 0.295. The molecule has 5 heterocycles. The van der Waals surface area contributed by atoms with Gasteiger partial charge in [0.2, 0.25) is 11.8 Å². The highest BCUT2D eigenvalue weighted by molar-refractivity contribution is 6.32. The minimum Gasteiger partial charge on any atom is -0.374 e. The number of hydrogen-bond acceptors (Lipinski definition) is 9. The molecule has 3 aromatic carbocycles. The lowest BCUT2D eigenvalue weighted by molar-refractivity contribution is -0.133. The van der Waals surface area contributed by atoms with E-state index in [1.807, 2.05) is 47.4 Å². The van der Waals surface area contributed by atoms with Gasteiger partial charge in [0.05, 0.1) is 10.6 Å². The number of nitrogens with one attached hydrogen (secondary N) is 2. The maximum Gasteiger partial charge on any atom is 0.254 e. The first-order valence-electron chi connectivity index (χ1n) is 19.5. The molecule has 11 nitrogen and oxygen atoms in total. The Morgan fingerprint density at radius 2 is 1.65 bits per heavy atom. The Morgan fingerprint density at radius 1 is 0.907 bits per heavy atom. The molecule has 0 aromatic heterocycles. The monoisotopic (exact) mass is 748 g/mol. The zero-order chi connectivity index (χ0) is 37.4. The second-order valence-electron chi connectivity index (χ2n) is 15.9. The molecule has 5 fully saturated rings. The van der Waals surface area contributed by atoms with Crippen LogP contribution in [0.2, 0.25) is 5.02 Å². The fraction of sp³-hybridized carbons (Fsp3) is 0.476. The minimum atomic E-state index is -0.402. The number of likely N-dealkylation sites (tertiary alicyclic amines) is 1. The highest BCUT2D eigenvalue weighted by atomic mass is 35.5. The van der Waals surface area contributed by atoms with Crippen molar-refractivity contribution in [1.29, 1.82) is 5.26 Å². The number of amides is 3. The first kappa shape index (κ1) is 36.2. The third kappa shape index (κ3) is 7.46. The number of nitrogens with zero attached hydrogens (tertiary/aromatic N) is 6. The van der Waals surface area contributed by atoms with Crippen molar-refractivity contribution >= 4 is 52.1 Å². The number of nitriles is 1. The highest BCUT2D eigenvalue weighted by Gasteiger charge is 2.44. The van der Waals surface area contributed by atoms with Gasteiger partial charge in [-0.05, 0) is 105 Å². The number of piperidine rings is 2. The minimum absolute atomic E-state index is 0.123. The van der Waals surface area contributed by atoms with Gasteiger partial charge in [-0.15, -0.1) is 0 Å². The van der Waals surface area contributed by atoms with Gasteiger partial charge in [-0.1, -0.05) is 17.7 Å². The molecule has 54 heavy (non-hydrogen) atoms. The summed E-state index contributed by atoms with van der Waals surface area (Å²) in [4.78, 5) is 49.2. The second-order valence-corrected chi connectivity index (χ2v) is 16.3. The normalized spacial score (nSPS) is 24.3. The number of halogens is 1. The van der Waals surface area contributed by atoms with Crippen molar-refractivity contribution in [3.05, 3.63) is 82.9 Å². The van der Waals surface area contributed by atoms with E-state index in [1.54, 1.807) is 0 Å². The molecule has 5 aliphatic rings. The number of piperazine rings is 1. The Kier molecular flexibility index (Phi) is 10.2. The summed E-state index contributed by atoms with van der Waals surface area (Å²) in [6.07, 6.45) is 5.27. The molecular weight excluding hydrogens is 700 g/mol. The van der Waals surface area contributed by atoms with E-state index in [1.165, 1.54) is 5.69 Å². The zero-order valence-corrected chi connectivity index (χ0v) is 31.7. The van der Waals surface area contributed by atoms with Crippen molar-refractivity contribution in [1.82, 2.24) is 15.1 Å². The number of rotatable bonds is 8. The van der Waals surface area contributed by atoms with Crippen LogP contribution < -0.4 is 25.3 Å². The number of hydrogen-bond donors (Lipinski definition) is 2. The predicted molar refractivity (Wildman–Crippen MR) is 212 cm³/mol. The Labute approximate surface area is 322 Å². The van der Waals surface area contributed by atoms with Gasteiger partial charge in [0.15, 0.2) is 0 Å². The third-order valence-electron chi connectivity index (χ3n) is 12.5. The van der Waals surface area contributed by atoms with Gasteiger partial charge >= 0.3 is 0 Å². The lowest BCUT2D eigenvalue weighted by Gasteiger charge is -2.45. The van der Waals surface area contributed by atoms with Crippen LogP contribution in [0.4, 0.5) is 22.7 Å². The number of imide groups is 1. The third-order valence-corrected chi connectivity index (χ3v) is 12.8. The number of benzene rings is 3. The van der Waals surface area contributed by atoms with Crippen LogP contribution >= 0.6 is 11.6 Å². The van der Waals surface area contributed by atoms with Gasteiger partial charge in [0, 0.05) is 106 Å². The summed E-state index contributed by atoms with van der Waals surface area (Å²) >= 11 is 6.38. The molecule has 3 aromatic rings. The molecule has 0 bridgehead atoms. The fourth-order valence-corrected chi connectivity index (χ4v) is 9.45. The van der Waals surface area contributed by atoms with Crippen LogP contribution in [-0.4, -0.2) is 105 Å². The molecule has 282 valence electrons. The van der Waals surface area contributed by atoms with E-state index in [9.17, 15) is 19.6 Å². The number of carbonyl (C=O) groups is 3. The molecule has 3 atom stereocenters. The van der Waals surface area contributed by atoms with Gasteiger partial charge in [-0.25, -0.2) is 0 Å². The molecule has 1 spiro atoms. The summed E-state index contributed by atoms with van der Waals surface area (Å²) in [5.74, 6) is -0.355. The summed E-state index contributed by atoms with van der Waals surface area (Å²) in [6.45, 7) is 10.6. The summed E-state index contributed by atoms with van der Waals surface area (Å²) in [5.41, 5.74) is 5.82. The van der Waals surface area contributed by atoms with Gasteiger partial charge in [-0.3, -0.25) is 24.6 Å². The Balaban J connectivity index is 0.798. The smallest absolute Gasteiger partial charge is 0.254 e. The first-order chi connectivity index (χ1) is 26.2. The van der Waals surface area contributed by atoms with Crippen LogP contribution in [0.5, 0.6) is 0 Å².